The van der Waals surface area contributed by atoms with Crippen molar-refractivity contribution >= 4 is 11.7 Å². The van der Waals surface area contributed by atoms with Crippen molar-refractivity contribution in [1.29, 1.82) is 0 Å². The molecule has 64 valence electrons. The topological polar surface area (TPSA) is 31.8 Å². The Hall–Kier alpha value is -1.80. The van der Waals surface area contributed by atoms with Gasteiger partial charge in [-0.15, -0.1) is 0 Å². The van der Waals surface area contributed by atoms with E-state index in [4.69, 9.17) is 0 Å². The van der Waals surface area contributed by atoms with E-state index in [0.29, 0.717) is 0 Å². The Morgan fingerprint density at radius 2 is 1.92 bits per heavy atom. The maximum absolute atomic E-state index is 4.10. The predicted molar refractivity (Wildman–Crippen MR) is 47.0 cm³/mol. The third-order valence-corrected chi connectivity index (χ3v) is 1.75. The fourth-order valence-corrected chi connectivity index (χ4v) is 1.06. The first-order valence-corrected chi connectivity index (χ1v) is 4.01. The van der Waals surface area contributed by atoms with Crippen molar-refractivity contribution in [2.45, 2.75) is 6.92 Å². The van der Waals surface area contributed by atoms with E-state index in [1.54, 1.807) is 12.4 Å². The Kier molecular flexibility index (Phi) is 1.76. The summed E-state index contributed by atoms with van der Waals surface area (Å²) in [7, 11) is 1.92. The maximum Gasteiger partial charge on any atom is 0.495 e. The molecule has 0 spiro atoms. The Morgan fingerprint density at radius 3 is 2.46 bits per heavy atom. The first-order valence-electron chi connectivity index (χ1n) is 4.01. The molecule has 1 aliphatic heterocycles. The van der Waals surface area contributed by atoms with Gasteiger partial charge in [-0.3, -0.25) is 0 Å². The molecule has 0 unspecified atom stereocenters. The number of hydrogen-bond acceptors (Lipinski definition) is 2. The highest BCUT2D eigenvalue weighted by Crippen LogP contribution is 2.08. The summed E-state index contributed by atoms with van der Waals surface area (Å²) in [5, 5.41) is 0. The van der Waals surface area contributed by atoms with Crippen molar-refractivity contribution in [2.75, 3.05) is 7.05 Å². The first kappa shape index (κ1) is 7.83. The van der Waals surface area contributed by atoms with Crippen molar-refractivity contribution in [3.05, 3.63) is 30.6 Å². The van der Waals surface area contributed by atoms with E-state index < -0.39 is 0 Å². The fourth-order valence-electron chi connectivity index (χ4n) is 1.06. The molecule has 1 aromatic rings. The zero-order valence-electron chi connectivity index (χ0n) is 7.60. The third-order valence-electron chi connectivity index (χ3n) is 1.75. The Bertz CT molecular complexity index is 421. The molecule has 0 saturated carbocycles. The average Bonchev–Trinajstić information content (AvgIpc) is 2.53. The Morgan fingerprint density at radius 1 is 1.23 bits per heavy atom. The second kappa shape index (κ2) is 2.92. The summed E-state index contributed by atoms with van der Waals surface area (Å²) < 4.78 is 3.69. The van der Waals surface area contributed by atoms with E-state index in [2.05, 4.69) is 16.0 Å². The van der Waals surface area contributed by atoms with Crippen LogP contribution in [-0.2, 0) is 0 Å². The Labute approximate surface area is 76.2 Å². The second-order valence-electron chi connectivity index (χ2n) is 2.87. The van der Waals surface area contributed by atoms with Crippen LogP contribution in [0.2, 0.25) is 0 Å². The smallest absolute Gasteiger partial charge is 0.235 e. The van der Waals surface area contributed by atoms with Gasteiger partial charge in [-0.25, -0.2) is 9.97 Å². The molecule has 1 aromatic heterocycles. The van der Waals surface area contributed by atoms with Crippen molar-refractivity contribution in [2.24, 2.45) is 0 Å². The van der Waals surface area contributed by atoms with Gasteiger partial charge in [-0.1, -0.05) is 9.15 Å². The third kappa shape index (κ3) is 1.53. The van der Waals surface area contributed by atoms with Gasteiger partial charge in [0, 0.05) is 0 Å². The van der Waals surface area contributed by atoms with Crippen LogP contribution < -0.4 is 0 Å². The number of aryl methyl sites for hydroxylation is 1. The van der Waals surface area contributed by atoms with Crippen LogP contribution in [0.15, 0.2) is 24.8 Å². The molecule has 0 radical (unpaired) electrons. The van der Waals surface area contributed by atoms with Gasteiger partial charge in [0.25, 0.3) is 11.9 Å². The molecular formula is C9H10N4+2. The van der Waals surface area contributed by atoms with Crippen molar-refractivity contribution in [1.82, 2.24) is 9.97 Å². The summed E-state index contributed by atoms with van der Waals surface area (Å²) in [6.45, 7) is 1.86. The van der Waals surface area contributed by atoms with Gasteiger partial charge < -0.3 is 0 Å². The van der Waals surface area contributed by atoms with Crippen LogP contribution in [0.3, 0.4) is 0 Å². The van der Waals surface area contributed by atoms with E-state index in [1.165, 1.54) is 0 Å². The molecule has 0 fully saturated rings. The normalized spacial score (nSPS) is 14.3. The molecule has 0 amide bonds. The molecule has 0 aliphatic carbocycles. The highest BCUT2D eigenvalue weighted by atomic mass is 15.1. The number of rotatable bonds is 1. The summed E-state index contributed by atoms with van der Waals surface area (Å²) >= 11 is 0. The molecule has 4 nitrogen and oxygen atoms in total. The van der Waals surface area contributed by atoms with Crippen LogP contribution in [0, 0.1) is 6.92 Å². The molecule has 0 saturated heterocycles. The lowest BCUT2D eigenvalue weighted by Gasteiger charge is -1.88. The largest absolute Gasteiger partial charge is 0.495 e. The van der Waals surface area contributed by atoms with Crippen LogP contribution in [0.25, 0.3) is 0 Å². The molecule has 4 heteroatoms. The standard InChI is InChI=1S/C9H10N4/c1-8-10-5-9(6-11-8)13-4-3-12(2)7-13/h3-6H,1-2H3/q+2. The van der Waals surface area contributed by atoms with E-state index >= 15 is 0 Å². The summed E-state index contributed by atoms with van der Waals surface area (Å²) in [4.78, 5) is 8.21. The minimum atomic E-state index is 0.778. The van der Waals surface area contributed by atoms with Gasteiger partial charge >= 0.3 is 6.01 Å². The van der Waals surface area contributed by atoms with Gasteiger partial charge in [0.15, 0.2) is 7.05 Å². The van der Waals surface area contributed by atoms with Gasteiger partial charge in [0.1, 0.15) is 18.2 Å². The summed E-state index contributed by atoms with van der Waals surface area (Å²) in [5.74, 6) is 0.778. The van der Waals surface area contributed by atoms with Gasteiger partial charge in [0.05, 0.1) is 0 Å². The minimum absolute atomic E-state index is 0.778. The van der Waals surface area contributed by atoms with Gasteiger partial charge in [0.2, 0.25) is 6.20 Å². The summed E-state index contributed by atoms with van der Waals surface area (Å²) in [6.07, 6.45) is 7.38. The molecule has 2 rings (SSSR count). The highest BCUT2D eigenvalue weighted by molar-refractivity contribution is 5.36. The van der Waals surface area contributed by atoms with Crippen LogP contribution in [0.1, 0.15) is 5.82 Å². The van der Waals surface area contributed by atoms with Crippen LogP contribution in [0.5, 0.6) is 0 Å². The highest BCUT2D eigenvalue weighted by Gasteiger charge is 2.16. The zero-order chi connectivity index (χ0) is 9.26. The quantitative estimate of drug-likeness (QED) is 0.588. The number of hydrogen-bond donors (Lipinski definition) is 0. The number of aromatic nitrogens is 2. The zero-order valence-corrected chi connectivity index (χ0v) is 7.60. The molecule has 2 heterocycles. The molecule has 0 bridgehead atoms. The fraction of sp³-hybridized carbons (Fsp3) is 0.222. The van der Waals surface area contributed by atoms with Gasteiger partial charge in [-0.2, -0.15) is 0 Å². The van der Waals surface area contributed by atoms with Crippen LogP contribution in [0.4, 0.5) is 5.69 Å². The van der Waals surface area contributed by atoms with Crippen molar-refractivity contribution in [3.8, 4) is 0 Å². The monoisotopic (exact) mass is 174 g/mol. The molecule has 0 N–H and O–H groups in total. The van der Waals surface area contributed by atoms with Crippen molar-refractivity contribution in [3.63, 3.8) is 0 Å². The maximum atomic E-state index is 4.10. The summed E-state index contributed by atoms with van der Waals surface area (Å²) in [5.41, 5.74) is 0.922. The van der Waals surface area contributed by atoms with Crippen molar-refractivity contribution < 1.29 is 9.15 Å². The second-order valence-corrected chi connectivity index (χ2v) is 2.87. The number of nitrogens with zero attached hydrogens (tertiary/aromatic N) is 4. The lowest BCUT2D eigenvalue weighted by molar-refractivity contribution is -0.429. The lowest BCUT2D eigenvalue weighted by atomic mass is 10.5. The van der Waals surface area contributed by atoms with Crippen LogP contribution >= 0.6 is 0 Å². The van der Waals surface area contributed by atoms with Gasteiger partial charge in [-0.05, 0) is 6.92 Å². The molecule has 0 atom stereocenters. The van der Waals surface area contributed by atoms with E-state index in [0.717, 1.165) is 11.5 Å². The molecule has 1 aliphatic rings. The summed E-state index contributed by atoms with van der Waals surface area (Å²) in [6, 6.07) is 3.07. The predicted octanol–water partition coefficient (Wildman–Crippen LogP) is 0.730. The first-order chi connectivity index (χ1) is 6.25. The minimum Gasteiger partial charge on any atom is -0.235 e. The molecule has 0 aromatic carbocycles. The Balaban J connectivity index is 2.44. The lowest BCUT2D eigenvalue weighted by Crippen LogP contribution is -1.96. The van der Waals surface area contributed by atoms with E-state index in [1.807, 2.05) is 35.5 Å². The van der Waals surface area contributed by atoms with E-state index in [9.17, 15) is 0 Å². The molecule has 13 heavy (non-hydrogen) atoms. The van der Waals surface area contributed by atoms with E-state index in [-0.39, 0.29) is 0 Å². The molecular weight excluding hydrogens is 164 g/mol. The average molecular weight is 174 g/mol. The SMILES string of the molecule is Cc1ncc([N+]2=C=[N+](C)C=C2)cn1. The van der Waals surface area contributed by atoms with Crippen LogP contribution in [-0.4, -0.2) is 32.2 Å².